The molecule has 1 aromatic heterocycles. The van der Waals surface area contributed by atoms with Crippen molar-refractivity contribution >= 4 is 16.5 Å². The summed E-state index contributed by atoms with van der Waals surface area (Å²) in [7, 11) is 2.23. The van der Waals surface area contributed by atoms with E-state index in [1.807, 2.05) is 0 Å². The van der Waals surface area contributed by atoms with Gasteiger partial charge in [-0.3, -0.25) is 0 Å². The maximum atomic E-state index is 5.60. The molecule has 1 saturated carbocycles. The number of anilines is 1. The molecular formula is C11H19N3S. The third-order valence-electron chi connectivity index (χ3n) is 3.24. The maximum Gasteiger partial charge on any atom is 0.180 e. The molecule has 0 aliphatic heterocycles. The number of nitrogens with two attached hydrogens (primary N) is 1. The number of likely N-dealkylation sites (N-methyl/N-ethyl adjacent to an activating group) is 1. The van der Waals surface area contributed by atoms with Crippen molar-refractivity contribution in [1.82, 2.24) is 9.88 Å². The monoisotopic (exact) mass is 225 g/mol. The summed E-state index contributed by atoms with van der Waals surface area (Å²) < 4.78 is 0. The molecule has 0 atom stereocenters. The highest BCUT2D eigenvalue weighted by molar-refractivity contribution is 7.13. The van der Waals surface area contributed by atoms with E-state index < -0.39 is 0 Å². The number of nitrogens with zero attached hydrogens (tertiary/aromatic N) is 2. The van der Waals surface area contributed by atoms with Crippen LogP contribution in [0.1, 0.15) is 31.4 Å². The van der Waals surface area contributed by atoms with Crippen molar-refractivity contribution in [2.45, 2.75) is 38.1 Å². The van der Waals surface area contributed by atoms with Gasteiger partial charge in [0, 0.05) is 24.4 Å². The number of nitrogen functional groups attached to an aromatic ring is 1. The van der Waals surface area contributed by atoms with Gasteiger partial charge in [-0.2, -0.15) is 0 Å². The summed E-state index contributed by atoms with van der Waals surface area (Å²) in [5.41, 5.74) is 6.74. The molecule has 0 aromatic carbocycles. The minimum absolute atomic E-state index is 0.688. The number of aromatic nitrogens is 1. The zero-order valence-corrected chi connectivity index (χ0v) is 10.1. The van der Waals surface area contributed by atoms with Crippen molar-refractivity contribution in [3.63, 3.8) is 0 Å². The average molecular weight is 225 g/mol. The van der Waals surface area contributed by atoms with Gasteiger partial charge in [0.05, 0.1) is 5.69 Å². The Balaban J connectivity index is 1.77. The van der Waals surface area contributed by atoms with E-state index >= 15 is 0 Å². The van der Waals surface area contributed by atoms with E-state index in [9.17, 15) is 0 Å². The molecule has 0 bridgehead atoms. The standard InChI is InChI=1S/C11H19N3S/c1-14(10-4-2-3-5-10)7-6-9-8-15-11(12)13-9/h8,10H,2-7H2,1H3,(H2,12,13). The minimum Gasteiger partial charge on any atom is -0.375 e. The zero-order valence-electron chi connectivity index (χ0n) is 9.28. The fraction of sp³-hybridized carbons (Fsp3) is 0.727. The number of hydrogen-bond acceptors (Lipinski definition) is 4. The first kappa shape index (κ1) is 10.9. The van der Waals surface area contributed by atoms with E-state index in [0.29, 0.717) is 5.13 Å². The molecule has 1 aliphatic carbocycles. The van der Waals surface area contributed by atoms with Crippen molar-refractivity contribution in [3.8, 4) is 0 Å². The van der Waals surface area contributed by atoms with Crippen molar-refractivity contribution in [3.05, 3.63) is 11.1 Å². The molecule has 84 valence electrons. The van der Waals surface area contributed by atoms with Gasteiger partial charge in [-0.25, -0.2) is 4.98 Å². The zero-order chi connectivity index (χ0) is 10.7. The molecule has 15 heavy (non-hydrogen) atoms. The second-order valence-electron chi connectivity index (χ2n) is 4.35. The van der Waals surface area contributed by atoms with E-state index in [1.54, 1.807) is 0 Å². The van der Waals surface area contributed by atoms with Gasteiger partial charge in [-0.1, -0.05) is 12.8 Å². The van der Waals surface area contributed by atoms with Crippen molar-refractivity contribution < 1.29 is 0 Å². The topological polar surface area (TPSA) is 42.1 Å². The van der Waals surface area contributed by atoms with Gasteiger partial charge in [-0.15, -0.1) is 11.3 Å². The van der Waals surface area contributed by atoms with Crippen LogP contribution in [0.25, 0.3) is 0 Å². The SMILES string of the molecule is CN(CCc1csc(N)n1)C1CCCC1. The lowest BCUT2D eigenvalue weighted by Crippen LogP contribution is -2.31. The molecule has 4 heteroatoms. The van der Waals surface area contributed by atoms with Crippen LogP contribution in [0.5, 0.6) is 0 Å². The van der Waals surface area contributed by atoms with Crippen LogP contribution in [0.4, 0.5) is 5.13 Å². The smallest absolute Gasteiger partial charge is 0.180 e. The quantitative estimate of drug-likeness (QED) is 0.853. The molecule has 1 fully saturated rings. The largest absolute Gasteiger partial charge is 0.375 e. The van der Waals surface area contributed by atoms with Gasteiger partial charge in [-0.05, 0) is 19.9 Å². The Labute approximate surface area is 95.3 Å². The summed E-state index contributed by atoms with van der Waals surface area (Å²) in [5, 5.41) is 2.76. The molecule has 3 nitrogen and oxygen atoms in total. The van der Waals surface area contributed by atoms with Crippen LogP contribution in [0.2, 0.25) is 0 Å². The van der Waals surface area contributed by atoms with Gasteiger partial charge in [0.25, 0.3) is 0 Å². The number of hydrogen-bond donors (Lipinski definition) is 1. The van der Waals surface area contributed by atoms with E-state index in [2.05, 4.69) is 22.3 Å². The van der Waals surface area contributed by atoms with Crippen molar-refractivity contribution in [2.75, 3.05) is 19.3 Å². The lowest BCUT2D eigenvalue weighted by Gasteiger charge is -2.23. The minimum atomic E-state index is 0.688. The molecule has 1 aromatic rings. The predicted molar refractivity (Wildman–Crippen MR) is 65.1 cm³/mol. The first-order valence-corrected chi connectivity index (χ1v) is 6.54. The Kier molecular flexibility index (Phi) is 3.59. The Hall–Kier alpha value is -0.610. The Bertz CT molecular complexity index is 305. The molecule has 2 rings (SSSR count). The summed E-state index contributed by atoms with van der Waals surface area (Å²) in [4.78, 5) is 6.75. The number of rotatable bonds is 4. The van der Waals surface area contributed by atoms with Gasteiger partial charge in [0.2, 0.25) is 0 Å². The second kappa shape index (κ2) is 4.94. The summed E-state index contributed by atoms with van der Waals surface area (Å²) in [5.74, 6) is 0. The molecule has 0 radical (unpaired) electrons. The van der Waals surface area contributed by atoms with Crippen LogP contribution >= 0.6 is 11.3 Å². The first-order chi connectivity index (χ1) is 7.25. The van der Waals surface area contributed by atoms with Crippen LogP contribution in [0.3, 0.4) is 0 Å². The molecule has 1 aliphatic rings. The first-order valence-electron chi connectivity index (χ1n) is 5.66. The molecule has 0 spiro atoms. The molecule has 0 saturated heterocycles. The van der Waals surface area contributed by atoms with E-state index in [1.165, 1.54) is 37.0 Å². The van der Waals surface area contributed by atoms with Crippen LogP contribution in [-0.4, -0.2) is 29.5 Å². The third kappa shape index (κ3) is 2.92. The van der Waals surface area contributed by atoms with Gasteiger partial charge in [0.15, 0.2) is 5.13 Å². The average Bonchev–Trinajstić information content (AvgIpc) is 2.84. The summed E-state index contributed by atoms with van der Waals surface area (Å²) in [6.45, 7) is 1.10. The highest BCUT2D eigenvalue weighted by Crippen LogP contribution is 2.22. The summed E-state index contributed by atoms with van der Waals surface area (Å²) in [6.07, 6.45) is 6.57. The van der Waals surface area contributed by atoms with Gasteiger partial charge >= 0.3 is 0 Å². The Morgan fingerprint density at radius 2 is 2.27 bits per heavy atom. The normalized spacial score (nSPS) is 17.7. The van der Waals surface area contributed by atoms with Crippen LogP contribution in [0.15, 0.2) is 5.38 Å². The molecular weight excluding hydrogens is 206 g/mol. The molecule has 0 amide bonds. The van der Waals surface area contributed by atoms with E-state index in [0.717, 1.165) is 24.7 Å². The highest BCUT2D eigenvalue weighted by atomic mass is 32.1. The molecule has 2 N–H and O–H groups in total. The van der Waals surface area contributed by atoms with Crippen LogP contribution in [0, 0.1) is 0 Å². The maximum absolute atomic E-state index is 5.60. The lowest BCUT2D eigenvalue weighted by atomic mass is 10.2. The second-order valence-corrected chi connectivity index (χ2v) is 5.24. The fourth-order valence-corrected chi connectivity index (χ4v) is 2.85. The third-order valence-corrected chi connectivity index (χ3v) is 3.96. The predicted octanol–water partition coefficient (Wildman–Crippen LogP) is 2.14. The summed E-state index contributed by atoms with van der Waals surface area (Å²) >= 11 is 1.54. The van der Waals surface area contributed by atoms with Crippen LogP contribution in [-0.2, 0) is 6.42 Å². The van der Waals surface area contributed by atoms with Crippen LogP contribution < -0.4 is 5.73 Å². The highest BCUT2D eigenvalue weighted by Gasteiger charge is 2.19. The Morgan fingerprint density at radius 1 is 1.53 bits per heavy atom. The van der Waals surface area contributed by atoms with Gasteiger partial charge in [0.1, 0.15) is 0 Å². The molecule has 0 unspecified atom stereocenters. The van der Waals surface area contributed by atoms with Crippen molar-refractivity contribution in [1.29, 1.82) is 0 Å². The van der Waals surface area contributed by atoms with E-state index in [4.69, 9.17) is 5.73 Å². The lowest BCUT2D eigenvalue weighted by molar-refractivity contribution is 0.248. The molecule has 1 heterocycles. The Morgan fingerprint density at radius 3 is 2.87 bits per heavy atom. The fourth-order valence-electron chi connectivity index (χ4n) is 2.26. The van der Waals surface area contributed by atoms with Crippen molar-refractivity contribution in [2.24, 2.45) is 0 Å². The van der Waals surface area contributed by atoms with Gasteiger partial charge < -0.3 is 10.6 Å². The summed E-state index contributed by atoms with van der Waals surface area (Å²) in [6, 6.07) is 0.806. The van der Waals surface area contributed by atoms with E-state index in [-0.39, 0.29) is 0 Å². The number of thiazole rings is 1.